The molecule has 0 bridgehead atoms. The molecular formula is C16H10N2O2. The van der Waals surface area contributed by atoms with Crippen LogP contribution in [-0.2, 0) is 4.74 Å². The van der Waals surface area contributed by atoms with E-state index < -0.39 is 5.97 Å². The maximum atomic E-state index is 11.3. The van der Waals surface area contributed by atoms with Crippen LogP contribution in [0.4, 0.5) is 0 Å². The van der Waals surface area contributed by atoms with Gasteiger partial charge in [-0.25, -0.2) is 4.79 Å². The summed E-state index contributed by atoms with van der Waals surface area (Å²) < 4.78 is 4.63. The van der Waals surface area contributed by atoms with Crippen molar-refractivity contribution in [1.29, 1.82) is 10.5 Å². The van der Waals surface area contributed by atoms with Crippen LogP contribution in [0.5, 0.6) is 0 Å². The van der Waals surface area contributed by atoms with Crippen molar-refractivity contribution in [3.05, 3.63) is 59.2 Å². The molecule has 0 amide bonds. The summed E-state index contributed by atoms with van der Waals surface area (Å²) in [5.41, 5.74) is 2.82. The first-order valence-corrected chi connectivity index (χ1v) is 5.82. The zero-order valence-corrected chi connectivity index (χ0v) is 10.8. The molecule has 0 aliphatic heterocycles. The van der Waals surface area contributed by atoms with E-state index in [-0.39, 0.29) is 0 Å². The zero-order chi connectivity index (χ0) is 14.5. The molecule has 96 valence electrons. The predicted molar refractivity (Wildman–Crippen MR) is 72.6 cm³/mol. The minimum Gasteiger partial charge on any atom is -0.465 e. The number of hydrogen-bond donors (Lipinski definition) is 0. The van der Waals surface area contributed by atoms with Gasteiger partial charge in [-0.2, -0.15) is 10.5 Å². The topological polar surface area (TPSA) is 73.9 Å². The molecule has 0 heterocycles. The van der Waals surface area contributed by atoms with Gasteiger partial charge in [-0.3, -0.25) is 0 Å². The molecule has 0 aliphatic carbocycles. The Hall–Kier alpha value is -3.11. The Labute approximate surface area is 116 Å². The first-order valence-electron chi connectivity index (χ1n) is 5.82. The highest BCUT2D eigenvalue weighted by Gasteiger charge is 2.07. The summed E-state index contributed by atoms with van der Waals surface area (Å²) >= 11 is 0. The Morgan fingerprint density at radius 3 is 2.10 bits per heavy atom. The molecular weight excluding hydrogens is 252 g/mol. The van der Waals surface area contributed by atoms with E-state index in [1.54, 1.807) is 42.5 Å². The van der Waals surface area contributed by atoms with Crippen LogP contribution < -0.4 is 0 Å². The molecule has 2 aromatic rings. The molecule has 0 aromatic heterocycles. The molecule has 0 aliphatic rings. The minimum atomic E-state index is -0.394. The summed E-state index contributed by atoms with van der Waals surface area (Å²) in [7, 11) is 1.33. The third kappa shape index (κ3) is 2.50. The van der Waals surface area contributed by atoms with Gasteiger partial charge >= 0.3 is 5.97 Å². The molecule has 4 heteroatoms. The van der Waals surface area contributed by atoms with Crippen LogP contribution in [0.2, 0.25) is 0 Å². The van der Waals surface area contributed by atoms with E-state index in [9.17, 15) is 4.79 Å². The Bertz CT molecular complexity index is 735. The molecule has 20 heavy (non-hydrogen) atoms. The van der Waals surface area contributed by atoms with Gasteiger partial charge in [0.25, 0.3) is 0 Å². The summed E-state index contributed by atoms with van der Waals surface area (Å²) in [5, 5.41) is 17.9. The van der Waals surface area contributed by atoms with Crippen molar-refractivity contribution in [3.63, 3.8) is 0 Å². The van der Waals surface area contributed by atoms with Crippen LogP contribution in [0.15, 0.2) is 42.5 Å². The van der Waals surface area contributed by atoms with Crippen LogP contribution in [0.3, 0.4) is 0 Å². The van der Waals surface area contributed by atoms with Crippen LogP contribution in [0.1, 0.15) is 21.5 Å². The summed E-state index contributed by atoms with van der Waals surface area (Å²) in [6, 6.07) is 15.9. The van der Waals surface area contributed by atoms with Crippen molar-refractivity contribution in [2.24, 2.45) is 0 Å². The van der Waals surface area contributed by atoms with Crippen LogP contribution >= 0.6 is 0 Å². The van der Waals surface area contributed by atoms with Crippen molar-refractivity contribution < 1.29 is 9.53 Å². The van der Waals surface area contributed by atoms with Crippen molar-refractivity contribution in [2.75, 3.05) is 7.11 Å². The van der Waals surface area contributed by atoms with Crippen molar-refractivity contribution in [3.8, 4) is 23.3 Å². The lowest BCUT2D eigenvalue weighted by molar-refractivity contribution is 0.0601. The lowest BCUT2D eigenvalue weighted by Gasteiger charge is -2.04. The number of rotatable bonds is 2. The second-order valence-electron chi connectivity index (χ2n) is 4.05. The van der Waals surface area contributed by atoms with Crippen LogP contribution in [0, 0.1) is 22.7 Å². The van der Waals surface area contributed by atoms with Gasteiger partial charge in [0.1, 0.15) is 12.1 Å². The average molecular weight is 262 g/mol. The summed E-state index contributed by atoms with van der Waals surface area (Å²) in [5.74, 6) is -0.394. The van der Waals surface area contributed by atoms with Gasteiger partial charge in [0.05, 0.1) is 23.8 Å². The van der Waals surface area contributed by atoms with E-state index in [1.807, 2.05) is 12.1 Å². The van der Waals surface area contributed by atoms with E-state index in [4.69, 9.17) is 10.5 Å². The second kappa shape index (κ2) is 5.69. The zero-order valence-electron chi connectivity index (χ0n) is 10.8. The maximum absolute atomic E-state index is 11.3. The Kier molecular flexibility index (Phi) is 3.79. The Morgan fingerprint density at radius 1 is 0.950 bits per heavy atom. The lowest BCUT2D eigenvalue weighted by atomic mass is 9.99. The normalized spacial score (nSPS) is 9.35. The molecule has 2 aromatic carbocycles. The van der Waals surface area contributed by atoms with E-state index >= 15 is 0 Å². The molecule has 0 unspecified atom stereocenters. The molecule has 4 nitrogen and oxygen atoms in total. The van der Waals surface area contributed by atoms with Gasteiger partial charge in [0.2, 0.25) is 0 Å². The summed E-state index contributed by atoms with van der Waals surface area (Å²) in [4.78, 5) is 11.3. The first kappa shape index (κ1) is 13.3. The van der Waals surface area contributed by atoms with Gasteiger partial charge in [0.15, 0.2) is 0 Å². The van der Waals surface area contributed by atoms with Crippen molar-refractivity contribution >= 4 is 5.97 Å². The SMILES string of the molecule is COC(=O)c1ccc(-c2ccc(C#N)c(C#N)c2)cc1. The fourth-order valence-corrected chi connectivity index (χ4v) is 1.83. The molecule has 2 rings (SSSR count). The lowest BCUT2D eigenvalue weighted by Crippen LogP contribution is -2.00. The van der Waals surface area contributed by atoms with Gasteiger partial charge < -0.3 is 4.74 Å². The molecule has 0 saturated carbocycles. The molecule has 0 radical (unpaired) electrons. The smallest absolute Gasteiger partial charge is 0.337 e. The summed E-state index contributed by atoms with van der Waals surface area (Å²) in [6.07, 6.45) is 0. The highest BCUT2D eigenvalue weighted by atomic mass is 16.5. The number of carbonyl (C=O) groups excluding carboxylic acids is 1. The number of esters is 1. The van der Waals surface area contributed by atoms with Gasteiger partial charge in [-0.1, -0.05) is 18.2 Å². The first-order chi connectivity index (χ1) is 9.69. The number of benzene rings is 2. The molecule has 0 saturated heterocycles. The summed E-state index contributed by atoms with van der Waals surface area (Å²) in [6.45, 7) is 0. The quantitative estimate of drug-likeness (QED) is 0.780. The largest absolute Gasteiger partial charge is 0.465 e. The fraction of sp³-hybridized carbons (Fsp3) is 0.0625. The predicted octanol–water partition coefficient (Wildman–Crippen LogP) is 2.88. The third-order valence-corrected chi connectivity index (χ3v) is 2.90. The van der Waals surface area contributed by atoms with Gasteiger partial charge in [0, 0.05) is 0 Å². The van der Waals surface area contributed by atoms with E-state index in [2.05, 4.69) is 4.74 Å². The standard InChI is InChI=1S/C16H10N2O2/c1-20-16(19)12-4-2-11(3-5-12)13-6-7-14(9-17)15(8-13)10-18/h2-8H,1H3. The van der Waals surface area contributed by atoms with E-state index in [0.717, 1.165) is 11.1 Å². The van der Waals surface area contributed by atoms with E-state index in [1.165, 1.54) is 7.11 Å². The number of methoxy groups -OCH3 is 1. The second-order valence-corrected chi connectivity index (χ2v) is 4.05. The van der Waals surface area contributed by atoms with Gasteiger partial charge in [-0.15, -0.1) is 0 Å². The van der Waals surface area contributed by atoms with E-state index in [0.29, 0.717) is 16.7 Å². The number of carbonyl (C=O) groups is 1. The number of nitriles is 2. The van der Waals surface area contributed by atoms with Crippen molar-refractivity contribution in [1.82, 2.24) is 0 Å². The van der Waals surface area contributed by atoms with Gasteiger partial charge in [-0.05, 0) is 35.4 Å². The van der Waals surface area contributed by atoms with Crippen molar-refractivity contribution in [2.45, 2.75) is 0 Å². The molecule has 0 atom stereocenters. The average Bonchev–Trinajstić information content (AvgIpc) is 2.53. The number of nitrogens with zero attached hydrogens (tertiary/aromatic N) is 2. The highest BCUT2D eigenvalue weighted by molar-refractivity contribution is 5.90. The molecule has 0 spiro atoms. The third-order valence-electron chi connectivity index (χ3n) is 2.90. The molecule has 0 N–H and O–H groups in total. The van der Waals surface area contributed by atoms with Crippen LogP contribution in [0.25, 0.3) is 11.1 Å². The number of hydrogen-bond acceptors (Lipinski definition) is 4. The highest BCUT2D eigenvalue weighted by Crippen LogP contribution is 2.22. The Balaban J connectivity index is 2.40. The fourth-order valence-electron chi connectivity index (χ4n) is 1.83. The maximum Gasteiger partial charge on any atom is 0.337 e. The Morgan fingerprint density at radius 2 is 1.55 bits per heavy atom. The minimum absolute atomic E-state index is 0.335. The monoisotopic (exact) mass is 262 g/mol. The van der Waals surface area contributed by atoms with Crippen LogP contribution in [-0.4, -0.2) is 13.1 Å². The number of ether oxygens (including phenoxy) is 1. The molecule has 0 fully saturated rings.